The van der Waals surface area contributed by atoms with Crippen molar-refractivity contribution in [3.05, 3.63) is 52.9 Å². The Hall–Kier alpha value is -3.22. The van der Waals surface area contributed by atoms with Crippen LogP contribution in [0, 0.1) is 0 Å². The summed E-state index contributed by atoms with van der Waals surface area (Å²) in [6.07, 6.45) is -3.05. The molecule has 13 heteroatoms. The molecule has 1 fully saturated rings. The van der Waals surface area contributed by atoms with Gasteiger partial charge in [0.05, 0.1) is 21.8 Å². The number of rotatable bonds is 6. The highest BCUT2D eigenvalue weighted by atomic mass is 35.5. The van der Waals surface area contributed by atoms with E-state index in [-0.39, 0.29) is 23.2 Å². The number of nitrogens with one attached hydrogen (secondary N) is 1. The van der Waals surface area contributed by atoms with E-state index in [0.29, 0.717) is 43.6 Å². The minimum Gasteiger partial charge on any atom is -0.389 e. The highest BCUT2D eigenvalue weighted by molar-refractivity contribution is 6.34. The molecule has 0 radical (unpaired) electrons. The molecule has 2 amide bonds. The van der Waals surface area contributed by atoms with E-state index in [4.69, 9.17) is 11.6 Å². The van der Waals surface area contributed by atoms with Crippen LogP contribution in [-0.4, -0.2) is 79.8 Å². The molecule has 198 valence electrons. The SMILES string of the molecule is CC(C)(O)CN1CCN(C(=O)Cn2cc3cc(NC(=O)c4cccc(C(F)(F)F)n4)c(Cl)cc3n2)CC1. The number of halogens is 4. The monoisotopic (exact) mass is 538 g/mol. The van der Waals surface area contributed by atoms with Crippen molar-refractivity contribution in [2.75, 3.05) is 38.0 Å². The van der Waals surface area contributed by atoms with Crippen molar-refractivity contribution in [1.82, 2.24) is 24.6 Å². The topological polar surface area (TPSA) is 104 Å². The van der Waals surface area contributed by atoms with Gasteiger partial charge in [-0.05, 0) is 38.1 Å². The van der Waals surface area contributed by atoms with Crippen molar-refractivity contribution in [2.45, 2.75) is 32.2 Å². The molecule has 0 unspecified atom stereocenters. The molecule has 0 aliphatic carbocycles. The molecule has 4 rings (SSSR count). The number of alkyl halides is 3. The summed E-state index contributed by atoms with van der Waals surface area (Å²) in [5.74, 6) is -0.954. The van der Waals surface area contributed by atoms with Gasteiger partial charge in [0.2, 0.25) is 5.91 Å². The summed E-state index contributed by atoms with van der Waals surface area (Å²) in [6.45, 7) is 6.45. The number of carbonyl (C=O) groups excluding carboxylic acids is 2. The normalized spacial score (nSPS) is 15.3. The van der Waals surface area contributed by atoms with Crippen LogP contribution in [0.5, 0.6) is 0 Å². The molecule has 0 saturated carbocycles. The van der Waals surface area contributed by atoms with E-state index in [1.807, 2.05) is 0 Å². The van der Waals surface area contributed by atoms with Crippen LogP contribution in [0.25, 0.3) is 10.9 Å². The van der Waals surface area contributed by atoms with Crippen LogP contribution in [0.15, 0.2) is 36.5 Å². The zero-order valence-electron chi connectivity index (χ0n) is 20.2. The number of nitrogens with zero attached hydrogens (tertiary/aromatic N) is 5. The van der Waals surface area contributed by atoms with Gasteiger partial charge in [-0.3, -0.25) is 19.2 Å². The summed E-state index contributed by atoms with van der Waals surface area (Å²) < 4.78 is 40.2. The number of amides is 2. The minimum atomic E-state index is -4.68. The van der Waals surface area contributed by atoms with Gasteiger partial charge in [-0.15, -0.1) is 0 Å². The van der Waals surface area contributed by atoms with Gasteiger partial charge in [-0.1, -0.05) is 17.7 Å². The number of fused-ring (bicyclic) bond motifs is 1. The number of pyridine rings is 1. The van der Waals surface area contributed by atoms with Gasteiger partial charge in [0.15, 0.2) is 0 Å². The van der Waals surface area contributed by atoms with Crippen molar-refractivity contribution in [3.63, 3.8) is 0 Å². The van der Waals surface area contributed by atoms with E-state index in [0.717, 1.165) is 12.1 Å². The second kappa shape index (κ2) is 10.3. The van der Waals surface area contributed by atoms with Crippen LogP contribution in [0.3, 0.4) is 0 Å². The Kier molecular flexibility index (Phi) is 7.45. The Morgan fingerprint density at radius 1 is 1.14 bits per heavy atom. The van der Waals surface area contributed by atoms with Gasteiger partial charge < -0.3 is 15.3 Å². The molecular formula is C24H26ClF3N6O3. The standard InChI is InChI=1S/C24H26ClF3N6O3/c1-23(2,37)14-32-6-8-33(9-7-32)21(35)13-34-12-15-10-19(16(25)11-18(15)31-34)30-22(36)17-4-3-5-20(29-17)24(26,27)28/h3-5,10-12,37H,6-9,13-14H2,1-2H3,(H,30,36). The molecule has 0 atom stereocenters. The van der Waals surface area contributed by atoms with Crippen molar-refractivity contribution in [3.8, 4) is 0 Å². The second-order valence-electron chi connectivity index (χ2n) is 9.55. The van der Waals surface area contributed by atoms with E-state index < -0.39 is 29.1 Å². The van der Waals surface area contributed by atoms with Crippen LogP contribution >= 0.6 is 11.6 Å². The number of piperazine rings is 1. The highest BCUT2D eigenvalue weighted by Crippen LogP contribution is 2.29. The lowest BCUT2D eigenvalue weighted by molar-refractivity contribution is -0.141. The van der Waals surface area contributed by atoms with E-state index >= 15 is 0 Å². The predicted octanol–water partition coefficient (Wildman–Crippen LogP) is 3.27. The maximum atomic E-state index is 12.9. The average Bonchev–Trinajstić information content (AvgIpc) is 3.19. The van der Waals surface area contributed by atoms with Crippen molar-refractivity contribution in [1.29, 1.82) is 0 Å². The molecule has 0 bridgehead atoms. The van der Waals surface area contributed by atoms with Crippen LogP contribution < -0.4 is 5.32 Å². The zero-order valence-corrected chi connectivity index (χ0v) is 21.0. The van der Waals surface area contributed by atoms with Gasteiger partial charge in [0.1, 0.15) is 17.9 Å². The van der Waals surface area contributed by atoms with Gasteiger partial charge in [-0.25, -0.2) is 4.98 Å². The lowest BCUT2D eigenvalue weighted by Gasteiger charge is -2.37. The van der Waals surface area contributed by atoms with Gasteiger partial charge in [0.25, 0.3) is 5.91 Å². The molecule has 1 saturated heterocycles. The summed E-state index contributed by atoms with van der Waals surface area (Å²) >= 11 is 6.27. The van der Waals surface area contributed by atoms with E-state index in [2.05, 4.69) is 20.3 Å². The highest BCUT2D eigenvalue weighted by Gasteiger charge is 2.33. The van der Waals surface area contributed by atoms with Crippen LogP contribution in [0.4, 0.5) is 18.9 Å². The Morgan fingerprint density at radius 2 is 1.84 bits per heavy atom. The summed E-state index contributed by atoms with van der Waals surface area (Å²) in [4.78, 5) is 32.6. The molecule has 9 nitrogen and oxygen atoms in total. The Balaban J connectivity index is 1.42. The fourth-order valence-corrected chi connectivity index (χ4v) is 4.33. The molecule has 37 heavy (non-hydrogen) atoms. The molecule has 1 aliphatic heterocycles. The Bertz CT molecular complexity index is 1310. The first-order valence-corrected chi connectivity index (χ1v) is 11.9. The first kappa shape index (κ1) is 26.8. The largest absolute Gasteiger partial charge is 0.433 e. The molecule has 2 N–H and O–H groups in total. The van der Waals surface area contributed by atoms with Crippen LogP contribution in [-0.2, 0) is 17.5 Å². The van der Waals surface area contributed by atoms with E-state index in [1.54, 1.807) is 24.9 Å². The summed E-state index contributed by atoms with van der Waals surface area (Å²) in [7, 11) is 0. The molecule has 3 aromatic rings. The third kappa shape index (κ3) is 6.76. The van der Waals surface area contributed by atoms with Crippen molar-refractivity contribution >= 4 is 40.0 Å². The smallest absolute Gasteiger partial charge is 0.389 e. The fourth-order valence-electron chi connectivity index (χ4n) is 4.12. The predicted molar refractivity (Wildman–Crippen MR) is 131 cm³/mol. The molecule has 0 spiro atoms. The summed E-state index contributed by atoms with van der Waals surface area (Å²) in [6, 6.07) is 6.09. The lowest BCUT2D eigenvalue weighted by Crippen LogP contribution is -2.52. The van der Waals surface area contributed by atoms with E-state index in [9.17, 15) is 27.9 Å². The third-order valence-electron chi connectivity index (χ3n) is 5.79. The number of hydrogen-bond donors (Lipinski definition) is 2. The van der Waals surface area contributed by atoms with Gasteiger partial charge in [-0.2, -0.15) is 18.3 Å². The number of hydrogen-bond acceptors (Lipinski definition) is 6. The number of β-amino-alcohol motifs (C(OH)–C–C–N with tert-alkyl or cyclic N) is 1. The first-order valence-electron chi connectivity index (χ1n) is 11.5. The number of carbonyl (C=O) groups is 2. The Morgan fingerprint density at radius 3 is 2.49 bits per heavy atom. The molecule has 1 aromatic carbocycles. The maximum absolute atomic E-state index is 12.9. The molecule has 3 heterocycles. The average molecular weight is 539 g/mol. The van der Waals surface area contributed by atoms with Crippen molar-refractivity contribution in [2.24, 2.45) is 0 Å². The second-order valence-corrected chi connectivity index (χ2v) is 9.95. The van der Waals surface area contributed by atoms with E-state index in [1.165, 1.54) is 22.9 Å². The Labute approximate surface area is 215 Å². The zero-order chi connectivity index (χ0) is 27.0. The first-order chi connectivity index (χ1) is 17.3. The van der Waals surface area contributed by atoms with Gasteiger partial charge in [0, 0.05) is 44.3 Å². The van der Waals surface area contributed by atoms with Crippen LogP contribution in [0.2, 0.25) is 5.02 Å². The molecule has 2 aromatic heterocycles. The molecular weight excluding hydrogens is 513 g/mol. The minimum absolute atomic E-state index is 0.00758. The van der Waals surface area contributed by atoms with Crippen molar-refractivity contribution < 1.29 is 27.9 Å². The number of benzene rings is 1. The summed E-state index contributed by atoms with van der Waals surface area (Å²) in [5.41, 5.74) is -1.72. The summed E-state index contributed by atoms with van der Waals surface area (Å²) in [5, 5.41) is 17.6. The fraction of sp³-hybridized carbons (Fsp3) is 0.417. The molecule has 1 aliphatic rings. The maximum Gasteiger partial charge on any atom is 0.433 e. The third-order valence-corrected chi connectivity index (χ3v) is 6.11. The number of aromatic nitrogens is 3. The van der Waals surface area contributed by atoms with Gasteiger partial charge >= 0.3 is 6.18 Å². The lowest BCUT2D eigenvalue weighted by atomic mass is 10.1. The number of aliphatic hydroxyl groups is 1. The quantitative estimate of drug-likeness (QED) is 0.499. The number of anilines is 1. The van der Waals surface area contributed by atoms with Crippen LogP contribution in [0.1, 0.15) is 30.0 Å².